The number of carbonyl (C=O) groups excluding carboxylic acids is 6. The third-order valence-corrected chi connectivity index (χ3v) is 5.47. The van der Waals surface area contributed by atoms with Crippen molar-refractivity contribution >= 4 is 41.4 Å². The smallest absolute Gasteiger partial charge is 0.326 e. The van der Waals surface area contributed by atoms with Crippen molar-refractivity contribution in [2.75, 3.05) is 6.54 Å². The van der Waals surface area contributed by atoms with Gasteiger partial charge in [-0.25, -0.2) is 4.79 Å². The molecule has 35 heavy (non-hydrogen) atoms. The summed E-state index contributed by atoms with van der Waals surface area (Å²) in [6.07, 6.45) is -0.446. The molecule has 0 aromatic rings. The molecule has 6 amide bonds. The minimum Gasteiger partial charge on any atom is -0.480 e. The predicted octanol–water partition coefficient (Wildman–Crippen LogP) is -3.84. The molecule has 11 N–H and O–H groups in total. The zero-order valence-electron chi connectivity index (χ0n) is 19.2. The van der Waals surface area contributed by atoms with E-state index in [1.54, 1.807) is 0 Å². The van der Waals surface area contributed by atoms with Gasteiger partial charge in [0.15, 0.2) is 0 Å². The van der Waals surface area contributed by atoms with Gasteiger partial charge in [0.05, 0.1) is 6.04 Å². The van der Waals surface area contributed by atoms with Crippen molar-refractivity contribution in [3.63, 3.8) is 0 Å². The van der Waals surface area contributed by atoms with Crippen molar-refractivity contribution in [3.8, 4) is 0 Å². The SMILES string of the molecule is NC(=O)CCC(N)C(=O)NC(CCC(N)=O)C(=O)N1CCCC1C(=O)NC(CCC(N)=O)C(=O)O. The molecule has 0 saturated carbocycles. The summed E-state index contributed by atoms with van der Waals surface area (Å²) in [6.45, 7) is 0.145. The van der Waals surface area contributed by atoms with Crippen LogP contribution in [-0.2, 0) is 33.6 Å². The molecule has 0 aromatic heterocycles. The van der Waals surface area contributed by atoms with Crippen LogP contribution in [-0.4, -0.2) is 82.1 Å². The number of nitrogens with two attached hydrogens (primary N) is 4. The standard InChI is InChI=1S/C20H33N7O8/c21-10(3-6-14(22)28)17(31)25-11(4-7-15(23)29)19(33)27-9-1-2-13(27)18(32)26-12(20(34)35)5-8-16(24)30/h10-13H,1-9,21H2,(H2,22,28)(H2,23,29)(H2,24,30)(H,25,31)(H,26,32)(H,34,35). The Hall–Kier alpha value is -3.75. The maximum absolute atomic E-state index is 13.2. The number of hydrogen-bond donors (Lipinski definition) is 7. The van der Waals surface area contributed by atoms with E-state index in [4.69, 9.17) is 22.9 Å². The van der Waals surface area contributed by atoms with E-state index in [9.17, 15) is 38.7 Å². The van der Waals surface area contributed by atoms with Crippen LogP contribution in [0, 0.1) is 0 Å². The number of primary amides is 3. The Kier molecular flexibility index (Phi) is 11.6. The van der Waals surface area contributed by atoms with Crippen LogP contribution in [0.15, 0.2) is 0 Å². The predicted molar refractivity (Wildman–Crippen MR) is 119 cm³/mol. The van der Waals surface area contributed by atoms with Crippen LogP contribution < -0.4 is 33.6 Å². The van der Waals surface area contributed by atoms with Crippen molar-refractivity contribution in [1.29, 1.82) is 0 Å². The van der Waals surface area contributed by atoms with Gasteiger partial charge >= 0.3 is 5.97 Å². The lowest BCUT2D eigenvalue weighted by atomic mass is 10.1. The van der Waals surface area contributed by atoms with E-state index in [0.717, 1.165) is 0 Å². The molecule has 0 spiro atoms. The van der Waals surface area contributed by atoms with Crippen LogP contribution >= 0.6 is 0 Å². The first-order valence-corrected chi connectivity index (χ1v) is 11.1. The average molecular weight is 500 g/mol. The van der Waals surface area contributed by atoms with Gasteiger partial charge in [0.1, 0.15) is 18.1 Å². The summed E-state index contributed by atoms with van der Waals surface area (Å²) in [5.41, 5.74) is 21.0. The summed E-state index contributed by atoms with van der Waals surface area (Å²) in [5, 5.41) is 14.1. The van der Waals surface area contributed by atoms with E-state index >= 15 is 0 Å². The Labute approximate surface area is 201 Å². The first-order chi connectivity index (χ1) is 16.3. The molecule has 1 saturated heterocycles. The Bertz CT molecular complexity index is 849. The maximum atomic E-state index is 13.2. The van der Waals surface area contributed by atoms with Crippen molar-refractivity contribution in [2.45, 2.75) is 75.5 Å². The molecule has 4 unspecified atom stereocenters. The normalized spacial score (nSPS) is 17.6. The van der Waals surface area contributed by atoms with Gasteiger partial charge in [-0.15, -0.1) is 0 Å². The Morgan fingerprint density at radius 1 is 0.829 bits per heavy atom. The molecule has 1 aliphatic heterocycles. The van der Waals surface area contributed by atoms with Gasteiger partial charge in [0.2, 0.25) is 35.4 Å². The van der Waals surface area contributed by atoms with Crippen LogP contribution in [0.4, 0.5) is 0 Å². The van der Waals surface area contributed by atoms with Crippen molar-refractivity contribution in [2.24, 2.45) is 22.9 Å². The van der Waals surface area contributed by atoms with Gasteiger partial charge in [-0.1, -0.05) is 0 Å². The number of likely N-dealkylation sites (tertiary alicyclic amines) is 1. The summed E-state index contributed by atoms with van der Waals surface area (Å²) in [7, 11) is 0. The van der Waals surface area contributed by atoms with E-state index in [1.165, 1.54) is 4.90 Å². The number of carboxylic acids is 1. The zero-order valence-corrected chi connectivity index (χ0v) is 19.2. The van der Waals surface area contributed by atoms with Crippen LogP contribution in [0.25, 0.3) is 0 Å². The maximum Gasteiger partial charge on any atom is 0.326 e. The third kappa shape index (κ3) is 9.95. The second-order valence-electron chi connectivity index (χ2n) is 8.27. The molecule has 1 heterocycles. The molecule has 196 valence electrons. The monoisotopic (exact) mass is 499 g/mol. The highest BCUT2D eigenvalue weighted by molar-refractivity contribution is 5.95. The first kappa shape index (κ1) is 29.3. The summed E-state index contributed by atoms with van der Waals surface area (Å²) < 4.78 is 0. The van der Waals surface area contributed by atoms with Crippen LogP contribution in [0.5, 0.6) is 0 Å². The number of hydrogen-bond acceptors (Lipinski definition) is 8. The van der Waals surface area contributed by atoms with Crippen molar-refractivity contribution < 1.29 is 38.7 Å². The zero-order chi connectivity index (χ0) is 26.7. The van der Waals surface area contributed by atoms with Crippen LogP contribution in [0.1, 0.15) is 51.4 Å². The summed E-state index contributed by atoms with van der Waals surface area (Å²) in [4.78, 5) is 84.2. The van der Waals surface area contributed by atoms with Gasteiger partial charge in [-0.3, -0.25) is 28.8 Å². The lowest BCUT2D eigenvalue weighted by molar-refractivity contribution is -0.145. The lowest BCUT2D eigenvalue weighted by Gasteiger charge is -2.30. The minimum atomic E-state index is -1.39. The number of carbonyl (C=O) groups is 7. The number of amides is 6. The highest BCUT2D eigenvalue weighted by atomic mass is 16.4. The van der Waals surface area contributed by atoms with Gasteiger partial charge in [-0.2, -0.15) is 0 Å². The highest BCUT2D eigenvalue weighted by Crippen LogP contribution is 2.20. The van der Waals surface area contributed by atoms with Crippen molar-refractivity contribution in [1.82, 2.24) is 15.5 Å². The van der Waals surface area contributed by atoms with Crippen LogP contribution in [0.2, 0.25) is 0 Å². The molecule has 0 aromatic carbocycles. The third-order valence-electron chi connectivity index (χ3n) is 5.47. The Morgan fingerprint density at radius 3 is 1.86 bits per heavy atom. The van der Waals surface area contributed by atoms with E-state index in [0.29, 0.717) is 6.42 Å². The molecule has 0 aliphatic carbocycles. The fourth-order valence-corrected chi connectivity index (χ4v) is 3.57. The number of nitrogens with one attached hydrogen (secondary N) is 2. The fourth-order valence-electron chi connectivity index (χ4n) is 3.57. The van der Waals surface area contributed by atoms with Gasteiger partial charge in [-0.05, 0) is 32.1 Å². The van der Waals surface area contributed by atoms with Crippen molar-refractivity contribution in [3.05, 3.63) is 0 Å². The number of aliphatic carboxylic acids is 1. The van der Waals surface area contributed by atoms with Gasteiger partial charge in [0.25, 0.3) is 0 Å². The molecule has 15 nitrogen and oxygen atoms in total. The minimum absolute atomic E-state index is 0.0610. The molecule has 4 atom stereocenters. The molecule has 0 bridgehead atoms. The summed E-state index contributed by atoms with van der Waals surface area (Å²) in [6, 6.07) is -4.81. The Balaban J connectivity index is 2.95. The first-order valence-electron chi connectivity index (χ1n) is 11.1. The fraction of sp³-hybridized carbons (Fsp3) is 0.650. The largest absolute Gasteiger partial charge is 0.480 e. The molecule has 1 fully saturated rings. The quantitative estimate of drug-likeness (QED) is 0.116. The Morgan fingerprint density at radius 2 is 1.34 bits per heavy atom. The second-order valence-corrected chi connectivity index (χ2v) is 8.27. The molecule has 15 heteroatoms. The molecular weight excluding hydrogens is 466 g/mol. The molecule has 0 radical (unpaired) electrons. The highest BCUT2D eigenvalue weighted by Gasteiger charge is 2.39. The van der Waals surface area contributed by atoms with E-state index in [1.807, 2.05) is 0 Å². The topological polar surface area (TPSA) is 271 Å². The lowest BCUT2D eigenvalue weighted by Crippen LogP contribution is -2.57. The van der Waals surface area contributed by atoms with Gasteiger partial charge in [0, 0.05) is 25.8 Å². The molecular formula is C20H33N7O8. The number of rotatable bonds is 15. The average Bonchev–Trinajstić information content (AvgIpc) is 3.26. The number of nitrogens with zero attached hydrogens (tertiary/aromatic N) is 1. The van der Waals surface area contributed by atoms with E-state index in [2.05, 4.69) is 10.6 Å². The summed E-state index contributed by atoms with van der Waals surface area (Å²) >= 11 is 0. The molecule has 1 rings (SSSR count). The summed E-state index contributed by atoms with van der Waals surface area (Å²) in [5.74, 6) is -5.65. The number of carboxylic acid groups (broad SMARTS) is 1. The van der Waals surface area contributed by atoms with Gasteiger partial charge < -0.3 is 43.6 Å². The van der Waals surface area contributed by atoms with E-state index in [-0.39, 0.29) is 51.5 Å². The molecule has 1 aliphatic rings. The second kappa shape index (κ2) is 13.8. The van der Waals surface area contributed by atoms with Crippen LogP contribution in [0.3, 0.4) is 0 Å². The van der Waals surface area contributed by atoms with E-state index < -0.39 is 65.6 Å².